The third-order valence-electron chi connectivity index (χ3n) is 0. The Balaban J connectivity index is -0.0000000910. The van der Waals surface area contributed by atoms with Crippen LogP contribution in [0.4, 0.5) is 0 Å². The molecule has 4 nitrogen and oxygen atoms in total. The SMILES string of the molecule is CP(C)C.[Ag+].[O-][Cl+3]([O-])([O-])[O-]. The number of hydrogen-bond acceptors (Lipinski definition) is 4. The Morgan fingerprint density at radius 2 is 0.900 bits per heavy atom. The summed E-state index contributed by atoms with van der Waals surface area (Å²) in [4.78, 5) is 0. The largest absolute Gasteiger partial charge is 1.00 e. The van der Waals surface area contributed by atoms with Crippen LogP contribution in [0.5, 0.6) is 0 Å². The Kier molecular flexibility index (Phi) is 14.6. The first kappa shape index (κ1) is 17.4. The molecular formula is C3H9AgClO4P. The van der Waals surface area contributed by atoms with Crippen LogP contribution >= 0.6 is 7.92 Å². The van der Waals surface area contributed by atoms with Crippen LogP contribution in [0.25, 0.3) is 0 Å². The molecule has 0 aromatic heterocycles. The number of halogens is 1. The van der Waals surface area contributed by atoms with Crippen molar-refractivity contribution in [2.45, 2.75) is 0 Å². The van der Waals surface area contributed by atoms with E-state index < -0.39 is 10.2 Å². The van der Waals surface area contributed by atoms with E-state index >= 15 is 0 Å². The van der Waals surface area contributed by atoms with Crippen LogP contribution < -0.4 is 18.6 Å². The zero-order chi connectivity index (χ0) is 8.08. The standard InChI is InChI=1S/C3H9P.Ag.ClHO4/c1-4(2)3;;2-1(3,4)5/h1-3H3;;(H,2,3,4,5)/q;+1;/p-1. The van der Waals surface area contributed by atoms with Gasteiger partial charge in [0.05, 0.1) is 0 Å². The van der Waals surface area contributed by atoms with Crippen molar-refractivity contribution in [1.82, 2.24) is 0 Å². The van der Waals surface area contributed by atoms with E-state index in [1.807, 2.05) is 0 Å². The molecule has 10 heavy (non-hydrogen) atoms. The molecule has 0 amide bonds. The van der Waals surface area contributed by atoms with Crippen LogP contribution in [0.3, 0.4) is 0 Å². The third-order valence-corrected chi connectivity index (χ3v) is 0. The van der Waals surface area contributed by atoms with Crippen molar-refractivity contribution < 1.29 is 51.3 Å². The van der Waals surface area contributed by atoms with Gasteiger partial charge in [-0.25, -0.2) is 18.6 Å². The second kappa shape index (κ2) is 8.40. The zero-order valence-electron chi connectivity index (χ0n) is 5.76. The molecule has 0 saturated carbocycles. The normalized spacial score (nSPS) is 9.60. The molecule has 0 saturated heterocycles. The predicted octanol–water partition coefficient (Wildman–Crippen LogP) is -3.40. The first-order valence-corrected chi connectivity index (χ1v) is 5.88. The van der Waals surface area contributed by atoms with Crippen molar-refractivity contribution in [3.05, 3.63) is 0 Å². The minimum Gasteiger partial charge on any atom is -0.222 e. The van der Waals surface area contributed by atoms with Crippen LogP contribution in [-0.4, -0.2) is 20.0 Å². The third kappa shape index (κ3) is 379. The van der Waals surface area contributed by atoms with Gasteiger partial charge in [-0.3, -0.25) is 0 Å². The number of rotatable bonds is 0. The van der Waals surface area contributed by atoms with Gasteiger partial charge in [-0.2, -0.15) is 0 Å². The van der Waals surface area contributed by atoms with E-state index in [1.165, 1.54) is 0 Å². The fourth-order valence-corrected chi connectivity index (χ4v) is 0. The van der Waals surface area contributed by atoms with E-state index in [4.69, 9.17) is 18.6 Å². The molecule has 0 aliphatic carbocycles. The summed E-state index contributed by atoms with van der Waals surface area (Å²) in [5.74, 6) is 0. The molecule has 0 atom stereocenters. The fraction of sp³-hybridized carbons (Fsp3) is 1.00. The Morgan fingerprint density at radius 3 is 0.900 bits per heavy atom. The molecule has 0 aliphatic rings. The maximum absolute atomic E-state index is 8.49. The van der Waals surface area contributed by atoms with Gasteiger partial charge in [-0.05, 0) is 20.0 Å². The van der Waals surface area contributed by atoms with Crippen LogP contribution in [0.15, 0.2) is 0 Å². The summed E-state index contributed by atoms with van der Waals surface area (Å²) in [5.41, 5.74) is 0. The van der Waals surface area contributed by atoms with Crippen molar-refractivity contribution in [2.75, 3.05) is 20.0 Å². The van der Waals surface area contributed by atoms with Gasteiger partial charge in [0, 0.05) is 0 Å². The van der Waals surface area contributed by atoms with Crippen LogP contribution in [0, 0.1) is 10.2 Å². The molecular weight excluding hydrogens is 274 g/mol. The second-order valence-corrected chi connectivity index (χ2v) is 5.16. The first-order valence-electron chi connectivity index (χ1n) is 1.96. The molecule has 0 aliphatic heterocycles. The molecule has 0 unspecified atom stereocenters. The quantitative estimate of drug-likeness (QED) is 0.342. The van der Waals surface area contributed by atoms with E-state index in [9.17, 15) is 0 Å². The van der Waals surface area contributed by atoms with Gasteiger partial charge < -0.3 is 0 Å². The van der Waals surface area contributed by atoms with Gasteiger partial charge in [-0.15, -0.1) is 18.2 Å². The first-order chi connectivity index (χ1) is 3.73. The minimum atomic E-state index is -4.94. The summed E-state index contributed by atoms with van der Waals surface area (Å²) in [6.07, 6.45) is 0. The molecule has 0 bridgehead atoms. The molecule has 0 fully saturated rings. The Morgan fingerprint density at radius 1 is 0.900 bits per heavy atom. The Bertz CT molecular complexity index is 57.3. The molecule has 0 aromatic rings. The molecule has 0 aromatic carbocycles. The van der Waals surface area contributed by atoms with Gasteiger partial charge in [0.25, 0.3) is 0 Å². The van der Waals surface area contributed by atoms with Crippen molar-refractivity contribution in [1.29, 1.82) is 0 Å². The van der Waals surface area contributed by atoms with Crippen LogP contribution in [0.2, 0.25) is 0 Å². The predicted molar refractivity (Wildman–Crippen MR) is 24.7 cm³/mol. The van der Waals surface area contributed by atoms with E-state index in [0.717, 1.165) is 0 Å². The minimum absolute atomic E-state index is 0. The molecule has 0 N–H and O–H groups in total. The Labute approximate surface area is 79.2 Å². The van der Waals surface area contributed by atoms with Gasteiger partial charge >= 0.3 is 22.4 Å². The molecule has 7 heteroatoms. The average molecular weight is 283 g/mol. The van der Waals surface area contributed by atoms with Crippen LogP contribution in [-0.2, 0) is 22.4 Å². The van der Waals surface area contributed by atoms with Crippen LogP contribution in [0.1, 0.15) is 0 Å². The monoisotopic (exact) mass is 282 g/mol. The number of hydrogen-bond donors (Lipinski definition) is 0. The summed E-state index contributed by atoms with van der Waals surface area (Å²) >= 11 is 0. The second-order valence-electron chi connectivity index (χ2n) is 1.72. The smallest absolute Gasteiger partial charge is 0.222 e. The summed E-state index contributed by atoms with van der Waals surface area (Å²) in [6.45, 7) is 6.69. The maximum atomic E-state index is 8.49. The van der Waals surface area contributed by atoms with Crippen molar-refractivity contribution in [2.24, 2.45) is 0 Å². The zero-order valence-corrected chi connectivity index (χ0v) is 8.89. The summed E-state index contributed by atoms with van der Waals surface area (Å²) in [7, 11) is -4.56. The molecule has 0 rings (SSSR count). The molecule has 0 radical (unpaired) electrons. The van der Waals surface area contributed by atoms with Gasteiger partial charge in [0.2, 0.25) is 0 Å². The van der Waals surface area contributed by atoms with Crippen molar-refractivity contribution in [3.8, 4) is 0 Å². The molecule has 68 valence electrons. The van der Waals surface area contributed by atoms with E-state index in [2.05, 4.69) is 20.0 Å². The van der Waals surface area contributed by atoms with E-state index in [-0.39, 0.29) is 22.4 Å². The average Bonchev–Trinajstić information content (AvgIpc) is 1.19. The summed E-state index contributed by atoms with van der Waals surface area (Å²) in [5, 5.41) is 0. The molecule has 0 spiro atoms. The van der Waals surface area contributed by atoms with E-state index in [1.54, 1.807) is 0 Å². The van der Waals surface area contributed by atoms with Gasteiger partial charge in [-0.1, -0.05) is 0 Å². The molecule has 0 heterocycles. The van der Waals surface area contributed by atoms with Crippen molar-refractivity contribution in [3.63, 3.8) is 0 Å². The van der Waals surface area contributed by atoms with Gasteiger partial charge in [0.15, 0.2) is 0 Å². The summed E-state index contributed by atoms with van der Waals surface area (Å²) < 4.78 is 34.0. The Hall–Kier alpha value is 1.30. The van der Waals surface area contributed by atoms with Gasteiger partial charge in [0.1, 0.15) is 0 Å². The fourth-order valence-electron chi connectivity index (χ4n) is 0. The summed E-state index contributed by atoms with van der Waals surface area (Å²) in [6, 6.07) is 0. The topological polar surface area (TPSA) is 92.2 Å². The van der Waals surface area contributed by atoms with E-state index in [0.29, 0.717) is 7.92 Å². The van der Waals surface area contributed by atoms with Crippen molar-refractivity contribution >= 4 is 7.92 Å². The maximum Gasteiger partial charge on any atom is 1.00 e.